The minimum atomic E-state index is -5.04. The van der Waals surface area contributed by atoms with Crippen LogP contribution in [0.3, 0.4) is 0 Å². The van der Waals surface area contributed by atoms with Gasteiger partial charge in [-0.3, -0.25) is 4.90 Å². The highest BCUT2D eigenvalue weighted by Gasteiger charge is 2.43. The normalized spacial score (nSPS) is 18.0. The van der Waals surface area contributed by atoms with Crippen LogP contribution in [-0.2, 0) is 29.0 Å². The highest BCUT2D eigenvalue weighted by Crippen LogP contribution is 2.42. The van der Waals surface area contributed by atoms with Gasteiger partial charge in [0.25, 0.3) is 0 Å². The largest absolute Gasteiger partial charge is 0.496 e. The molecule has 1 aliphatic rings. The number of hydrogen-bond donors (Lipinski definition) is 0. The second-order valence-corrected chi connectivity index (χ2v) is 11.2. The maximum absolute atomic E-state index is 13.5. The lowest BCUT2D eigenvalue weighted by molar-refractivity contribution is -0.143. The molecule has 220 valence electrons. The molecular formula is C29H27ClF6N2O3. The SMILES string of the molecule is COc1ccc(C(C)(C)C)cc1-c1ccc(Cl)nc1CN1C(=O)O[C@H](c2cc(C(F)(F)F)cc(C(F)(F)F)c2)[C@@H]1C. The Hall–Kier alpha value is -3.47. The minimum Gasteiger partial charge on any atom is -0.496 e. The Morgan fingerprint density at radius 2 is 1.51 bits per heavy atom. The molecule has 2 heterocycles. The summed E-state index contributed by atoms with van der Waals surface area (Å²) in [6, 6.07) is 9.18. The lowest BCUT2D eigenvalue weighted by Crippen LogP contribution is -2.32. The third-order valence-electron chi connectivity index (χ3n) is 6.95. The van der Waals surface area contributed by atoms with Crippen LogP contribution < -0.4 is 4.74 Å². The average molecular weight is 601 g/mol. The molecule has 0 N–H and O–H groups in total. The van der Waals surface area contributed by atoms with Crippen molar-refractivity contribution in [2.24, 2.45) is 0 Å². The van der Waals surface area contributed by atoms with Gasteiger partial charge in [-0.1, -0.05) is 38.4 Å². The molecule has 3 aromatic rings. The number of carbonyl (C=O) groups is 1. The van der Waals surface area contributed by atoms with Crippen LogP contribution in [0.25, 0.3) is 11.1 Å². The maximum atomic E-state index is 13.5. The van der Waals surface area contributed by atoms with E-state index in [1.54, 1.807) is 12.1 Å². The zero-order chi connectivity index (χ0) is 30.5. The summed E-state index contributed by atoms with van der Waals surface area (Å²) in [4.78, 5) is 18.5. The van der Waals surface area contributed by atoms with Crippen molar-refractivity contribution < 1.29 is 40.6 Å². The first kappa shape index (κ1) is 30.5. The molecule has 0 bridgehead atoms. The Bertz CT molecular complexity index is 1430. The highest BCUT2D eigenvalue weighted by molar-refractivity contribution is 6.29. The number of pyridine rings is 1. The third-order valence-corrected chi connectivity index (χ3v) is 7.16. The molecule has 0 radical (unpaired) electrons. The van der Waals surface area contributed by atoms with Crippen molar-refractivity contribution in [2.75, 3.05) is 7.11 Å². The molecule has 2 atom stereocenters. The Kier molecular flexibility index (Phi) is 7.99. The zero-order valence-electron chi connectivity index (χ0n) is 22.7. The number of halogens is 7. The van der Waals surface area contributed by atoms with Crippen LogP contribution in [0.15, 0.2) is 48.5 Å². The van der Waals surface area contributed by atoms with E-state index in [0.29, 0.717) is 34.7 Å². The van der Waals surface area contributed by atoms with Crippen LogP contribution in [0.5, 0.6) is 5.75 Å². The fourth-order valence-electron chi connectivity index (χ4n) is 4.69. The lowest BCUT2D eigenvalue weighted by atomic mass is 9.85. The number of hydrogen-bond acceptors (Lipinski definition) is 4. The summed E-state index contributed by atoms with van der Waals surface area (Å²) in [7, 11) is 1.51. The summed E-state index contributed by atoms with van der Waals surface area (Å²) in [6.07, 6.45) is -12.4. The van der Waals surface area contributed by atoms with E-state index in [2.05, 4.69) is 4.98 Å². The molecule has 5 nitrogen and oxygen atoms in total. The van der Waals surface area contributed by atoms with Crippen LogP contribution in [-0.4, -0.2) is 29.1 Å². The molecule has 1 aromatic heterocycles. The van der Waals surface area contributed by atoms with Crippen molar-refractivity contribution in [3.8, 4) is 16.9 Å². The number of amides is 1. The topological polar surface area (TPSA) is 51.7 Å². The van der Waals surface area contributed by atoms with E-state index in [1.165, 1.54) is 18.9 Å². The summed E-state index contributed by atoms with van der Waals surface area (Å²) in [5.41, 5.74) is -1.03. The van der Waals surface area contributed by atoms with Gasteiger partial charge in [0, 0.05) is 11.1 Å². The number of carbonyl (C=O) groups excluding carboxylic acids is 1. The van der Waals surface area contributed by atoms with Crippen LogP contribution >= 0.6 is 11.6 Å². The molecule has 0 saturated carbocycles. The minimum absolute atomic E-state index is 0.0317. The van der Waals surface area contributed by atoms with E-state index in [-0.39, 0.29) is 23.2 Å². The second kappa shape index (κ2) is 10.7. The predicted octanol–water partition coefficient (Wildman–Crippen LogP) is 8.83. The summed E-state index contributed by atoms with van der Waals surface area (Å²) in [6.45, 7) is 7.42. The average Bonchev–Trinajstić information content (AvgIpc) is 3.15. The van der Waals surface area contributed by atoms with Gasteiger partial charge in [-0.05, 0) is 65.9 Å². The van der Waals surface area contributed by atoms with Gasteiger partial charge in [-0.25, -0.2) is 9.78 Å². The fourth-order valence-corrected chi connectivity index (χ4v) is 4.85. The summed E-state index contributed by atoms with van der Waals surface area (Å²) >= 11 is 6.19. The predicted molar refractivity (Wildman–Crippen MR) is 141 cm³/mol. The molecule has 0 spiro atoms. The third kappa shape index (κ3) is 6.39. The van der Waals surface area contributed by atoms with Crippen LogP contribution in [0.1, 0.15) is 61.7 Å². The van der Waals surface area contributed by atoms with Crippen molar-refractivity contribution in [3.05, 3.63) is 81.6 Å². The molecule has 12 heteroatoms. The molecule has 1 amide bonds. The number of ether oxygens (including phenoxy) is 2. The van der Waals surface area contributed by atoms with Gasteiger partial charge >= 0.3 is 18.4 Å². The van der Waals surface area contributed by atoms with Crippen LogP contribution in [0.2, 0.25) is 5.15 Å². The van der Waals surface area contributed by atoms with Gasteiger partial charge < -0.3 is 9.47 Å². The molecule has 2 aromatic carbocycles. The number of aromatic nitrogens is 1. The van der Waals surface area contributed by atoms with Crippen LogP contribution in [0.4, 0.5) is 31.1 Å². The maximum Gasteiger partial charge on any atom is 0.416 e. The summed E-state index contributed by atoms with van der Waals surface area (Å²) in [5.74, 6) is 0.530. The van der Waals surface area contributed by atoms with E-state index in [0.717, 1.165) is 5.56 Å². The van der Waals surface area contributed by atoms with E-state index in [9.17, 15) is 31.1 Å². The van der Waals surface area contributed by atoms with Gasteiger partial charge in [0.15, 0.2) is 0 Å². The van der Waals surface area contributed by atoms with Crippen molar-refractivity contribution in [1.82, 2.24) is 9.88 Å². The van der Waals surface area contributed by atoms with Crippen LogP contribution in [0, 0.1) is 0 Å². The molecule has 1 saturated heterocycles. The summed E-state index contributed by atoms with van der Waals surface area (Å²) in [5, 5.41) is 0.124. The molecule has 0 aliphatic carbocycles. The molecule has 1 fully saturated rings. The van der Waals surface area contributed by atoms with Gasteiger partial charge in [-0.15, -0.1) is 0 Å². The van der Waals surface area contributed by atoms with Gasteiger partial charge in [-0.2, -0.15) is 26.3 Å². The Morgan fingerprint density at radius 3 is 2.05 bits per heavy atom. The number of benzene rings is 2. The Morgan fingerprint density at radius 1 is 0.902 bits per heavy atom. The van der Waals surface area contributed by atoms with Crippen molar-refractivity contribution >= 4 is 17.7 Å². The standard InChI is InChI=1S/C29H27ClF6N2O3/c1-15-25(16-10-18(28(31,32)33)12-19(11-16)29(34,35)36)41-26(39)38(15)14-22-20(7-9-24(30)37-22)21-13-17(27(2,3)4)6-8-23(21)40-5/h6-13,15,25H,14H2,1-5H3/t15-,25-/m0/s1. The quantitative estimate of drug-likeness (QED) is 0.217. The van der Waals surface area contributed by atoms with E-state index in [4.69, 9.17) is 21.1 Å². The molecular weight excluding hydrogens is 574 g/mol. The Labute approximate surface area is 238 Å². The van der Waals surface area contributed by atoms with E-state index < -0.39 is 47.3 Å². The molecule has 41 heavy (non-hydrogen) atoms. The fraction of sp³-hybridized carbons (Fsp3) is 0.379. The van der Waals surface area contributed by atoms with E-state index >= 15 is 0 Å². The van der Waals surface area contributed by atoms with Crippen molar-refractivity contribution in [1.29, 1.82) is 0 Å². The monoisotopic (exact) mass is 600 g/mol. The van der Waals surface area contributed by atoms with Gasteiger partial charge in [0.05, 0.1) is 36.5 Å². The molecule has 1 aliphatic heterocycles. The van der Waals surface area contributed by atoms with Gasteiger partial charge in [0.2, 0.25) is 0 Å². The number of methoxy groups -OCH3 is 1. The lowest BCUT2D eigenvalue weighted by Gasteiger charge is -2.24. The molecule has 0 unspecified atom stereocenters. The van der Waals surface area contributed by atoms with Crippen molar-refractivity contribution in [3.63, 3.8) is 0 Å². The Balaban J connectivity index is 1.75. The van der Waals surface area contributed by atoms with Crippen molar-refractivity contribution in [2.45, 2.75) is 64.2 Å². The zero-order valence-corrected chi connectivity index (χ0v) is 23.5. The number of cyclic esters (lactones) is 1. The van der Waals surface area contributed by atoms with Gasteiger partial charge in [0.1, 0.15) is 17.0 Å². The first-order valence-corrected chi connectivity index (χ1v) is 12.9. The second-order valence-electron chi connectivity index (χ2n) is 10.8. The van der Waals surface area contributed by atoms with E-state index in [1.807, 2.05) is 39.0 Å². The smallest absolute Gasteiger partial charge is 0.416 e. The number of alkyl halides is 6. The number of nitrogens with zero attached hydrogens (tertiary/aromatic N) is 2. The first-order chi connectivity index (χ1) is 18.9. The molecule has 4 rings (SSSR count). The highest BCUT2D eigenvalue weighted by atomic mass is 35.5. The summed E-state index contributed by atoms with van der Waals surface area (Å²) < 4.78 is 91.6. The first-order valence-electron chi connectivity index (χ1n) is 12.5. The number of rotatable bonds is 5.